The molecule has 0 fully saturated rings. The number of carbonyl (C=O) groups is 1. The van der Waals surface area contributed by atoms with Crippen molar-refractivity contribution in [3.05, 3.63) is 34.9 Å². The fraction of sp³-hybridized carbons (Fsp3) is 0.471. The summed E-state index contributed by atoms with van der Waals surface area (Å²) in [6.07, 6.45) is 3.00. The van der Waals surface area contributed by atoms with Gasteiger partial charge >= 0.3 is 0 Å². The zero-order valence-corrected chi connectivity index (χ0v) is 14.0. The van der Waals surface area contributed by atoms with E-state index in [4.69, 9.17) is 5.11 Å². The zero-order valence-electron chi connectivity index (χ0n) is 13.1. The smallest absolute Gasteiger partial charge is 0.253 e. The predicted molar refractivity (Wildman–Crippen MR) is 89.7 cm³/mol. The van der Waals surface area contributed by atoms with Crippen LogP contribution in [0.1, 0.15) is 34.8 Å². The van der Waals surface area contributed by atoms with Crippen molar-refractivity contribution >= 4 is 17.7 Å². The Hall–Kier alpha value is -1.44. The first-order valence-electron chi connectivity index (χ1n) is 7.01. The Morgan fingerprint density at radius 2 is 2.19 bits per heavy atom. The molecule has 0 spiro atoms. The van der Waals surface area contributed by atoms with Crippen molar-refractivity contribution in [2.24, 2.45) is 0 Å². The second-order valence-electron chi connectivity index (χ2n) is 4.92. The van der Waals surface area contributed by atoms with Crippen LogP contribution in [0.15, 0.2) is 18.2 Å². The molecule has 0 saturated heterocycles. The molecule has 1 aromatic carbocycles. The van der Waals surface area contributed by atoms with Gasteiger partial charge in [-0.2, -0.15) is 11.8 Å². The Morgan fingerprint density at radius 3 is 2.71 bits per heavy atom. The van der Waals surface area contributed by atoms with Crippen molar-refractivity contribution < 1.29 is 9.90 Å². The van der Waals surface area contributed by atoms with E-state index in [9.17, 15) is 4.79 Å². The van der Waals surface area contributed by atoms with E-state index in [1.165, 1.54) is 0 Å². The van der Waals surface area contributed by atoms with Gasteiger partial charge in [-0.15, -0.1) is 0 Å². The van der Waals surface area contributed by atoms with E-state index < -0.39 is 0 Å². The molecule has 0 aliphatic carbocycles. The van der Waals surface area contributed by atoms with Crippen LogP contribution in [-0.4, -0.2) is 47.6 Å². The number of thioether (sulfide) groups is 1. The van der Waals surface area contributed by atoms with E-state index in [1.54, 1.807) is 17.8 Å². The molecule has 1 atom stereocenters. The van der Waals surface area contributed by atoms with E-state index in [1.807, 2.05) is 31.0 Å². The third kappa shape index (κ3) is 4.80. The van der Waals surface area contributed by atoms with E-state index in [-0.39, 0.29) is 18.6 Å². The van der Waals surface area contributed by atoms with Gasteiger partial charge in [-0.1, -0.05) is 18.8 Å². The SMILES string of the molecule is CCC(CSC)N(C)C(=O)c1ccc(C#CCO)c(C)c1. The Balaban J connectivity index is 2.95. The lowest BCUT2D eigenvalue weighted by Crippen LogP contribution is -2.38. The average molecular weight is 305 g/mol. The first-order valence-corrected chi connectivity index (χ1v) is 8.41. The summed E-state index contributed by atoms with van der Waals surface area (Å²) in [6, 6.07) is 5.77. The van der Waals surface area contributed by atoms with Crippen LogP contribution in [0.3, 0.4) is 0 Å². The van der Waals surface area contributed by atoms with E-state index in [0.717, 1.165) is 23.3 Å². The number of aryl methyl sites for hydroxylation is 1. The second-order valence-corrected chi connectivity index (χ2v) is 5.83. The van der Waals surface area contributed by atoms with Crippen LogP contribution in [0, 0.1) is 18.8 Å². The summed E-state index contributed by atoms with van der Waals surface area (Å²) in [7, 11) is 1.86. The number of carbonyl (C=O) groups excluding carboxylic acids is 1. The van der Waals surface area contributed by atoms with Crippen LogP contribution in [0.25, 0.3) is 0 Å². The number of rotatable bonds is 5. The molecule has 114 valence electrons. The van der Waals surface area contributed by atoms with Crippen molar-refractivity contribution in [1.82, 2.24) is 4.90 Å². The van der Waals surface area contributed by atoms with Gasteiger partial charge in [0.15, 0.2) is 0 Å². The van der Waals surface area contributed by atoms with Crippen molar-refractivity contribution in [3.8, 4) is 11.8 Å². The van der Waals surface area contributed by atoms with Gasteiger partial charge in [0, 0.05) is 30.0 Å². The minimum absolute atomic E-state index is 0.0423. The summed E-state index contributed by atoms with van der Waals surface area (Å²) >= 11 is 1.75. The van der Waals surface area contributed by atoms with Crippen LogP contribution in [-0.2, 0) is 0 Å². The van der Waals surface area contributed by atoms with Crippen molar-refractivity contribution in [2.75, 3.05) is 25.7 Å². The van der Waals surface area contributed by atoms with Crippen LogP contribution in [0.2, 0.25) is 0 Å². The molecule has 0 aromatic heterocycles. The molecule has 1 N–H and O–H groups in total. The third-order valence-electron chi connectivity index (χ3n) is 3.47. The molecule has 0 aliphatic rings. The van der Waals surface area contributed by atoms with Gasteiger partial charge in [0.2, 0.25) is 0 Å². The molecule has 0 bridgehead atoms. The number of benzene rings is 1. The summed E-state index contributed by atoms with van der Waals surface area (Å²) in [5, 5.41) is 8.74. The maximum absolute atomic E-state index is 12.5. The Kier molecular flexibility index (Phi) is 7.35. The molecule has 3 nitrogen and oxygen atoms in total. The molecule has 0 radical (unpaired) electrons. The number of aliphatic hydroxyl groups excluding tert-OH is 1. The minimum Gasteiger partial charge on any atom is -0.384 e. The van der Waals surface area contributed by atoms with E-state index >= 15 is 0 Å². The van der Waals surface area contributed by atoms with Gasteiger partial charge in [-0.3, -0.25) is 4.79 Å². The van der Waals surface area contributed by atoms with Gasteiger partial charge in [-0.25, -0.2) is 0 Å². The normalized spacial score (nSPS) is 11.5. The average Bonchev–Trinajstić information content (AvgIpc) is 2.50. The molecule has 0 aliphatic heterocycles. The summed E-state index contributed by atoms with van der Waals surface area (Å²) in [6.45, 7) is 3.87. The molecule has 1 rings (SSSR count). The fourth-order valence-electron chi connectivity index (χ4n) is 2.14. The number of aliphatic hydroxyl groups is 1. The van der Waals surface area contributed by atoms with Crippen molar-refractivity contribution in [1.29, 1.82) is 0 Å². The van der Waals surface area contributed by atoms with Gasteiger partial charge in [-0.05, 0) is 43.4 Å². The molecule has 1 unspecified atom stereocenters. The van der Waals surface area contributed by atoms with Gasteiger partial charge in [0.05, 0.1) is 0 Å². The minimum atomic E-state index is -0.157. The third-order valence-corrected chi connectivity index (χ3v) is 4.19. The summed E-state index contributed by atoms with van der Waals surface area (Å²) < 4.78 is 0. The molecule has 0 heterocycles. The predicted octanol–water partition coefficient (Wildman–Crippen LogP) is 2.55. The van der Waals surface area contributed by atoms with Crippen LogP contribution in [0.4, 0.5) is 0 Å². The second kappa shape index (κ2) is 8.76. The Labute approximate surface area is 131 Å². The number of hydrogen-bond donors (Lipinski definition) is 1. The van der Waals surface area contributed by atoms with Crippen LogP contribution < -0.4 is 0 Å². The lowest BCUT2D eigenvalue weighted by Gasteiger charge is -2.27. The van der Waals surface area contributed by atoms with Crippen LogP contribution in [0.5, 0.6) is 0 Å². The largest absolute Gasteiger partial charge is 0.384 e. The maximum Gasteiger partial charge on any atom is 0.253 e. The summed E-state index contributed by atoms with van der Waals surface area (Å²) in [5.41, 5.74) is 2.48. The lowest BCUT2D eigenvalue weighted by molar-refractivity contribution is 0.0743. The number of hydrogen-bond acceptors (Lipinski definition) is 3. The highest BCUT2D eigenvalue weighted by atomic mass is 32.2. The molecule has 1 aromatic rings. The first-order chi connectivity index (χ1) is 10.0. The monoisotopic (exact) mass is 305 g/mol. The molecular weight excluding hydrogens is 282 g/mol. The zero-order chi connectivity index (χ0) is 15.8. The van der Waals surface area contributed by atoms with Crippen molar-refractivity contribution in [2.45, 2.75) is 26.3 Å². The van der Waals surface area contributed by atoms with E-state index in [0.29, 0.717) is 5.56 Å². The Bertz CT molecular complexity index is 545. The molecule has 21 heavy (non-hydrogen) atoms. The highest BCUT2D eigenvalue weighted by Gasteiger charge is 2.19. The Morgan fingerprint density at radius 1 is 1.48 bits per heavy atom. The highest BCUT2D eigenvalue weighted by molar-refractivity contribution is 7.98. The summed E-state index contributed by atoms with van der Waals surface area (Å²) in [5.74, 6) is 6.50. The summed E-state index contributed by atoms with van der Waals surface area (Å²) in [4.78, 5) is 14.4. The number of amides is 1. The molecule has 0 saturated carbocycles. The van der Waals surface area contributed by atoms with Gasteiger partial charge < -0.3 is 10.0 Å². The van der Waals surface area contributed by atoms with Gasteiger partial charge in [0.25, 0.3) is 5.91 Å². The highest BCUT2D eigenvalue weighted by Crippen LogP contribution is 2.15. The fourth-order valence-corrected chi connectivity index (χ4v) is 2.98. The molecular formula is C17H23NO2S. The molecule has 4 heteroatoms. The van der Waals surface area contributed by atoms with Gasteiger partial charge in [0.1, 0.15) is 6.61 Å². The quantitative estimate of drug-likeness (QED) is 0.850. The van der Waals surface area contributed by atoms with E-state index in [2.05, 4.69) is 25.0 Å². The first kappa shape index (κ1) is 17.6. The van der Waals surface area contributed by atoms with Crippen LogP contribution >= 0.6 is 11.8 Å². The maximum atomic E-state index is 12.5. The standard InChI is InChI=1S/C17H23NO2S/c1-5-16(12-21-4)18(3)17(20)15-9-8-14(7-6-10-19)13(2)11-15/h8-9,11,16,19H,5,10,12H2,1-4H3. The lowest BCUT2D eigenvalue weighted by atomic mass is 10.0. The van der Waals surface area contributed by atoms with Crippen molar-refractivity contribution in [3.63, 3.8) is 0 Å². The topological polar surface area (TPSA) is 40.5 Å². The molecule has 1 amide bonds. The number of nitrogens with zero attached hydrogens (tertiary/aromatic N) is 1.